The summed E-state index contributed by atoms with van der Waals surface area (Å²) < 4.78 is 37.4. The van der Waals surface area contributed by atoms with Crippen molar-refractivity contribution in [3.05, 3.63) is 52.7 Å². The Bertz CT molecular complexity index is 658. The second-order valence-corrected chi connectivity index (χ2v) is 4.49. The van der Waals surface area contributed by atoms with E-state index in [0.29, 0.717) is 21.8 Å². The Morgan fingerprint density at radius 1 is 1.20 bits per heavy atom. The highest BCUT2D eigenvalue weighted by molar-refractivity contribution is 6.33. The molecule has 0 unspecified atom stereocenters. The highest BCUT2D eigenvalue weighted by Crippen LogP contribution is 2.32. The average molecular weight is 297 g/mol. The normalized spacial score (nSPS) is 11.2. The van der Waals surface area contributed by atoms with Gasteiger partial charge in [0.2, 0.25) is 0 Å². The van der Waals surface area contributed by atoms with E-state index in [4.69, 9.17) is 16.9 Å². The molecule has 0 aliphatic heterocycles. The second kappa shape index (κ2) is 5.51. The summed E-state index contributed by atoms with van der Waals surface area (Å²) in [5, 5.41) is 8.88. The number of nitriles is 1. The number of benzene rings is 1. The van der Waals surface area contributed by atoms with Gasteiger partial charge in [-0.15, -0.1) is 0 Å². The molecule has 0 N–H and O–H groups in total. The van der Waals surface area contributed by atoms with Crippen LogP contribution in [-0.2, 0) is 12.6 Å². The number of aromatic nitrogens is 1. The van der Waals surface area contributed by atoms with E-state index < -0.39 is 11.7 Å². The van der Waals surface area contributed by atoms with Gasteiger partial charge in [-0.25, -0.2) is 0 Å². The lowest BCUT2D eigenvalue weighted by Crippen LogP contribution is -2.04. The maximum atomic E-state index is 12.5. The Kier molecular flexibility index (Phi) is 3.96. The molecular weight excluding hydrogens is 289 g/mol. The highest BCUT2D eigenvalue weighted by atomic mass is 35.5. The van der Waals surface area contributed by atoms with Gasteiger partial charge in [0.15, 0.2) is 0 Å². The summed E-state index contributed by atoms with van der Waals surface area (Å²) in [6, 6.07) is 8.17. The standard InChI is InChI=1S/C14H8ClF3N2/c15-12-7-9(5-6-19)8-20-13(12)10-1-3-11(4-2-10)14(16,17)18/h1-4,7-8H,5H2. The van der Waals surface area contributed by atoms with E-state index in [1.807, 2.05) is 6.07 Å². The lowest BCUT2D eigenvalue weighted by molar-refractivity contribution is -0.137. The Hall–Kier alpha value is -2.06. The first-order valence-corrected chi connectivity index (χ1v) is 5.98. The molecule has 6 heteroatoms. The van der Waals surface area contributed by atoms with Gasteiger partial charge in [0.25, 0.3) is 0 Å². The van der Waals surface area contributed by atoms with Crippen molar-refractivity contribution in [2.24, 2.45) is 0 Å². The molecule has 0 aliphatic rings. The number of rotatable bonds is 2. The van der Waals surface area contributed by atoms with Crippen molar-refractivity contribution in [3.8, 4) is 17.3 Å². The van der Waals surface area contributed by atoms with Gasteiger partial charge in [-0.2, -0.15) is 18.4 Å². The van der Waals surface area contributed by atoms with Crippen molar-refractivity contribution in [3.63, 3.8) is 0 Å². The third kappa shape index (κ3) is 3.09. The molecule has 0 spiro atoms. The quantitative estimate of drug-likeness (QED) is 0.819. The van der Waals surface area contributed by atoms with Crippen LogP contribution < -0.4 is 0 Å². The van der Waals surface area contributed by atoms with Crippen LogP contribution in [0.4, 0.5) is 13.2 Å². The molecule has 1 heterocycles. The summed E-state index contributed by atoms with van der Waals surface area (Å²) >= 11 is 6.04. The molecule has 0 saturated heterocycles. The van der Waals surface area contributed by atoms with Gasteiger partial charge >= 0.3 is 6.18 Å². The number of hydrogen-bond donors (Lipinski definition) is 0. The molecule has 0 fully saturated rings. The molecule has 102 valence electrons. The van der Waals surface area contributed by atoms with Crippen molar-refractivity contribution in [1.29, 1.82) is 5.26 Å². The largest absolute Gasteiger partial charge is 0.416 e. The number of halogens is 4. The minimum absolute atomic E-state index is 0.181. The summed E-state index contributed by atoms with van der Waals surface area (Å²) in [4.78, 5) is 4.09. The molecule has 2 nitrogen and oxygen atoms in total. The zero-order valence-electron chi connectivity index (χ0n) is 10.1. The van der Waals surface area contributed by atoms with Gasteiger partial charge in [0, 0.05) is 11.8 Å². The molecule has 0 atom stereocenters. The van der Waals surface area contributed by atoms with Crippen LogP contribution in [0.25, 0.3) is 11.3 Å². The molecule has 0 radical (unpaired) electrons. The molecular formula is C14H8ClF3N2. The molecule has 0 aliphatic carbocycles. The predicted molar refractivity (Wildman–Crippen MR) is 69.0 cm³/mol. The van der Waals surface area contributed by atoms with E-state index in [1.54, 1.807) is 6.07 Å². The van der Waals surface area contributed by atoms with Crippen LogP contribution in [0.2, 0.25) is 5.02 Å². The molecule has 20 heavy (non-hydrogen) atoms. The first-order valence-electron chi connectivity index (χ1n) is 5.61. The van der Waals surface area contributed by atoms with Gasteiger partial charge in [0.05, 0.1) is 28.8 Å². The first-order chi connectivity index (χ1) is 9.41. The van der Waals surface area contributed by atoms with Crippen LogP contribution in [0.15, 0.2) is 36.5 Å². The summed E-state index contributed by atoms with van der Waals surface area (Å²) in [5.41, 5.74) is 0.820. The van der Waals surface area contributed by atoms with E-state index in [9.17, 15) is 13.2 Å². The van der Waals surface area contributed by atoms with Crippen molar-refractivity contribution in [2.45, 2.75) is 12.6 Å². The van der Waals surface area contributed by atoms with E-state index >= 15 is 0 Å². The zero-order valence-corrected chi connectivity index (χ0v) is 10.8. The molecule has 0 amide bonds. The topological polar surface area (TPSA) is 36.7 Å². The monoisotopic (exact) mass is 296 g/mol. The Morgan fingerprint density at radius 2 is 1.85 bits per heavy atom. The smallest absolute Gasteiger partial charge is 0.254 e. The summed E-state index contributed by atoms with van der Waals surface area (Å²) in [7, 11) is 0. The summed E-state index contributed by atoms with van der Waals surface area (Å²) in [6.45, 7) is 0. The third-order valence-electron chi connectivity index (χ3n) is 2.67. The van der Waals surface area contributed by atoms with Gasteiger partial charge in [-0.1, -0.05) is 23.7 Å². The highest BCUT2D eigenvalue weighted by Gasteiger charge is 2.30. The van der Waals surface area contributed by atoms with Crippen LogP contribution in [0.5, 0.6) is 0 Å². The Balaban J connectivity index is 2.35. The van der Waals surface area contributed by atoms with Gasteiger partial charge in [0.1, 0.15) is 0 Å². The molecule has 2 rings (SSSR count). The fourth-order valence-electron chi connectivity index (χ4n) is 1.69. The number of alkyl halides is 3. The lowest BCUT2D eigenvalue weighted by Gasteiger charge is -2.08. The summed E-state index contributed by atoms with van der Waals surface area (Å²) in [6.07, 6.45) is -2.70. The van der Waals surface area contributed by atoms with Gasteiger partial charge in [-0.3, -0.25) is 4.98 Å². The van der Waals surface area contributed by atoms with E-state index in [0.717, 1.165) is 12.1 Å². The van der Waals surface area contributed by atoms with E-state index in [-0.39, 0.29) is 6.42 Å². The minimum Gasteiger partial charge on any atom is -0.254 e. The van der Waals surface area contributed by atoms with Crippen LogP contribution in [0.1, 0.15) is 11.1 Å². The predicted octanol–water partition coefficient (Wildman–Crippen LogP) is 4.49. The van der Waals surface area contributed by atoms with Crippen LogP contribution in [-0.4, -0.2) is 4.98 Å². The molecule has 0 saturated carbocycles. The van der Waals surface area contributed by atoms with E-state index in [1.165, 1.54) is 18.3 Å². The van der Waals surface area contributed by atoms with Crippen LogP contribution >= 0.6 is 11.6 Å². The van der Waals surface area contributed by atoms with Crippen LogP contribution in [0.3, 0.4) is 0 Å². The average Bonchev–Trinajstić information content (AvgIpc) is 2.38. The van der Waals surface area contributed by atoms with Gasteiger partial charge in [-0.05, 0) is 23.8 Å². The van der Waals surface area contributed by atoms with Crippen molar-refractivity contribution in [2.75, 3.05) is 0 Å². The Morgan fingerprint density at radius 3 is 2.35 bits per heavy atom. The Labute approximate surface area is 118 Å². The number of nitrogens with zero attached hydrogens (tertiary/aromatic N) is 2. The molecule has 2 aromatic rings. The lowest BCUT2D eigenvalue weighted by atomic mass is 10.1. The van der Waals surface area contributed by atoms with Crippen LogP contribution in [0, 0.1) is 11.3 Å². The number of pyridine rings is 1. The summed E-state index contributed by atoms with van der Waals surface area (Å²) in [5.74, 6) is 0. The molecule has 1 aromatic carbocycles. The number of hydrogen-bond acceptors (Lipinski definition) is 2. The zero-order chi connectivity index (χ0) is 14.8. The maximum Gasteiger partial charge on any atom is 0.416 e. The fraction of sp³-hybridized carbons (Fsp3) is 0.143. The minimum atomic E-state index is -4.37. The SMILES string of the molecule is N#CCc1cnc(-c2ccc(C(F)(F)F)cc2)c(Cl)c1. The maximum absolute atomic E-state index is 12.5. The van der Waals surface area contributed by atoms with Gasteiger partial charge < -0.3 is 0 Å². The second-order valence-electron chi connectivity index (χ2n) is 4.08. The van der Waals surface area contributed by atoms with Crippen molar-refractivity contribution >= 4 is 11.6 Å². The fourth-order valence-corrected chi connectivity index (χ4v) is 1.99. The van der Waals surface area contributed by atoms with Crippen molar-refractivity contribution in [1.82, 2.24) is 4.98 Å². The van der Waals surface area contributed by atoms with Crippen molar-refractivity contribution < 1.29 is 13.2 Å². The molecule has 1 aromatic heterocycles. The molecule has 0 bridgehead atoms. The first kappa shape index (κ1) is 14.4. The third-order valence-corrected chi connectivity index (χ3v) is 2.95. The van der Waals surface area contributed by atoms with E-state index in [2.05, 4.69) is 4.98 Å².